The van der Waals surface area contributed by atoms with Crippen LogP contribution in [0.2, 0.25) is 10.0 Å². The van der Waals surface area contributed by atoms with Crippen molar-refractivity contribution in [3.63, 3.8) is 0 Å². The summed E-state index contributed by atoms with van der Waals surface area (Å²) in [6, 6.07) is 0.749. The summed E-state index contributed by atoms with van der Waals surface area (Å²) in [5.74, 6) is -2.14. The van der Waals surface area contributed by atoms with Crippen LogP contribution < -0.4 is 5.73 Å². The molecule has 0 aliphatic carbocycles. The number of anilines is 1. The molecule has 1 aromatic heterocycles. The van der Waals surface area contributed by atoms with Crippen molar-refractivity contribution < 1.29 is 51.8 Å². The number of nitrogens with two attached hydrogens (primary N) is 1. The molecule has 0 bridgehead atoms. The predicted octanol–water partition coefficient (Wildman–Crippen LogP) is 5.16. The molecule has 0 fully saturated rings. The Morgan fingerprint density at radius 1 is 1.10 bits per heavy atom. The third kappa shape index (κ3) is 6.16. The van der Waals surface area contributed by atoms with Gasteiger partial charge in [0.2, 0.25) is 12.2 Å². The van der Waals surface area contributed by atoms with E-state index in [0.29, 0.717) is 17.0 Å². The summed E-state index contributed by atoms with van der Waals surface area (Å²) in [5, 5.41) is 5.66. The van der Waals surface area contributed by atoms with E-state index in [0.717, 1.165) is 0 Å². The molecule has 1 aliphatic rings. The van der Waals surface area contributed by atoms with Crippen molar-refractivity contribution >= 4 is 44.7 Å². The van der Waals surface area contributed by atoms with Gasteiger partial charge in [0, 0.05) is 0 Å². The maximum atomic E-state index is 13.8. The number of oxime groups is 1. The number of halogens is 8. The van der Waals surface area contributed by atoms with Gasteiger partial charge < -0.3 is 20.0 Å². The van der Waals surface area contributed by atoms with Crippen LogP contribution in [0.25, 0.3) is 5.69 Å². The Hall–Kier alpha value is -2.47. The van der Waals surface area contributed by atoms with Crippen LogP contribution in [-0.2, 0) is 30.3 Å². The minimum absolute atomic E-state index is 0.280. The van der Waals surface area contributed by atoms with Crippen LogP contribution in [0.3, 0.4) is 0 Å². The monoisotopic (exact) mass is 631 g/mol. The van der Waals surface area contributed by atoms with Gasteiger partial charge in [-0.1, -0.05) is 28.4 Å². The fraction of sp³-hybridized carbons (Fsp3) is 0.500. The van der Waals surface area contributed by atoms with Crippen molar-refractivity contribution in [2.24, 2.45) is 5.16 Å². The topological polar surface area (TPSA) is 121 Å². The van der Waals surface area contributed by atoms with Crippen molar-refractivity contribution in [1.82, 2.24) is 14.7 Å². The number of benzene rings is 1. The lowest BCUT2D eigenvalue weighted by molar-refractivity contribution is -0.242. The van der Waals surface area contributed by atoms with E-state index in [1.54, 1.807) is 0 Å². The van der Waals surface area contributed by atoms with Gasteiger partial charge in [-0.15, -0.1) is 0 Å². The Morgan fingerprint density at radius 2 is 1.67 bits per heavy atom. The molecule has 19 heteroatoms. The van der Waals surface area contributed by atoms with Crippen molar-refractivity contribution in [1.29, 1.82) is 0 Å². The fourth-order valence-corrected chi connectivity index (χ4v) is 4.76. The summed E-state index contributed by atoms with van der Waals surface area (Å²) in [6.45, 7) is 4.56. The van der Waals surface area contributed by atoms with Gasteiger partial charge in [0.25, 0.3) is 9.84 Å². The third-order valence-corrected chi connectivity index (χ3v) is 6.78. The quantitative estimate of drug-likeness (QED) is 0.313. The molecule has 10 nitrogen and oxygen atoms in total. The van der Waals surface area contributed by atoms with Crippen molar-refractivity contribution in [2.75, 3.05) is 12.5 Å². The average molecular weight is 632 g/mol. The second-order valence-corrected chi connectivity index (χ2v) is 10.9. The summed E-state index contributed by atoms with van der Waals surface area (Å²) >= 11 is 12.0. The molecule has 39 heavy (non-hydrogen) atoms. The normalized spacial score (nSPS) is 17.6. The number of ether oxygens (including phenoxy) is 2. The van der Waals surface area contributed by atoms with Gasteiger partial charge in [-0.25, -0.2) is 13.1 Å². The van der Waals surface area contributed by atoms with Gasteiger partial charge in [-0.3, -0.25) is 4.90 Å². The standard InChI is InChI=1S/C20H21Cl2F6N5O5S/c1-8(2)37-18(38-9(3)4)32-7-36-31-17(32)13-15(39(34,35)20(26,27)28)16(29)33(30-13)14-11(21)5-10(6-12(14)22)19(23,24)25/h5-6,8-9,18H,7,29H2,1-4H3/i8T,18T. The molecular weight excluding hydrogens is 607 g/mol. The minimum atomic E-state index is -6.36. The number of rotatable bonds is 8. The van der Waals surface area contributed by atoms with Crippen LogP contribution in [0.5, 0.6) is 0 Å². The van der Waals surface area contributed by atoms with Crippen molar-refractivity contribution in [3.05, 3.63) is 33.4 Å². The SMILES string of the molecule is [3H]C(C)(C)OC([3H])(OC(C)C)N1CON=C1c1nn(-c2c(Cl)cc(C(F)(F)F)cc2Cl)c(N)c1S(=O)(=O)C(F)(F)F. The Morgan fingerprint density at radius 3 is 2.13 bits per heavy atom. The maximum Gasteiger partial charge on any atom is 0.502 e. The largest absolute Gasteiger partial charge is 0.502 e. The second kappa shape index (κ2) is 10.8. The molecule has 0 spiro atoms. The molecule has 1 aromatic carbocycles. The lowest BCUT2D eigenvalue weighted by Crippen LogP contribution is -2.45. The predicted molar refractivity (Wildman–Crippen MR) is 127 cm³/mol. The van der Waals surface area contributed by atoms with E-state index in [2.05, 4.69) is 10.3 Å². The highest BCUT2D eigenvalue weighted by molar-refractivity contribution is 7.92. The first-order valence-corrected chi connectivity index (χ1v) is 12.8. The number of aromatic nitrogens is 2. The van der Waals surface area contributed by atoms with E-state index in [9.17, 15) is 34.8 Å². The smallest absolute Gasteiger partial charge is 0.382 e. The number of nitrogens with zero attached hydrogens (tertiary/aromatic N) is 4. The average Bonchev–Trinajstić information content (AvgIpc) is 3.35. The molecule has 1 unspecified atom stereocenters. The lowest BCUT2D eigenvalue weighted by Gasteiger charge is -2.30. The van der Waals surface area contributed by atoms with E-state index < -0.39 is 90.4 Å². The molecule has 218 valence electrons. The highest BCUT2D eigenvalue weighted by Crippen LogP contribution is 2.42. The zero-order chi connectivity index (χ0) is 31.5. The highest BCUT2D eigenvalue weighted by Gasteiger charge is 2.52. The first-order valence-electron chi connectivity index (χ1n) is 11.5. The summed E-state index contributed by atoms with van der Waals surface area (Å²) < 4.78 is 134. The van der Waals surface area contributed by atoms with E-state index >= 15 is 0 Å². The summed E-state index contributed by atoms with van der Waals surface area (Å²) in [7, 11) is -6.36. The number of hydrogen-bond donors (Lipinski definition) is 1. The van der Waals surface area contributed by atoms with Gasteiger partial charge in [0.15, 0.2) is 12.4 Å². The Labute approximate surface area is 230 Å². The first-order chi connectivity index (χ1) is 18.4. The Balaban J connectivity index is 2.36. The molecule has 0 amide bonds. The van der Waals surface area contributed by atoms with E-state index in [-0.39, 0.29) is 4.68 Å². The van der Waals surface area contributed by atoms with E-state index in [4.69, 9.17) is 46.0 Å². The van der Waals surface area contributed by atoms with Gasteiger partial charge in [-0.05, 0) is 39.8 Å². The maximum absolute atomic E-state index is 13.8. The number of nitrogen functional groups attached to an aromatic ring is 1. The van der Waals surface area contributed by atoms with Crippen LogP contribution in [0, 0.1) is 0 Å². The number of hydrogen-bond acceptors (Lipinski definition) is 9. The Kier molecular flexibility index (Phi) is 7.80. The van der Waals surface area contributed by atoms with Crippen LogP contribution in [0.4, 0.5) is 32.2 Å². The minimum Gasteiger partial charge on any atom is -0.382 e. The number of sulfone groups is 1. The molecule has 3 rings (SSSR count). The summed E-state index contributed by atoms with van der Waals surface area (Å²) in [4.78, 5) is 3.81. The zero-order valence-corrected chi connectivity index (χ0v) is 22.6. The van der Waals surface area contributed by atoms with Gasteiger partial charge >= 0.3 is 11.7 Å². The van der Waals surface area contributed by atoms with Gasteiger partial charge in [0.1, 0.15) is 17.8 Å². The number of alkyl halides is 6. The molecule has 0 saturated heterocycles. The third-order valence-electron chi connectivity index (χ3n) is 4.66. The molecule has 1 aliphatic heterocycles. The highest BCUT2D eigenvalue weighted by atomic mass is 35.5. The molecule has 2 heterocycles. The Bertz CT molecular complexity index is 1460. The van der Waals surface area contributed by atoms with Gasteiger partial charge in [0.05, 0.1) is 29.2 Å². The van der Waals surface area contributed by atoms with Crippen LogP contribution in [0.1, 0.15) is 41.7 Å². The van der Waals surface area contributed by atoms with Gasteiger partial charge in [-0.2, -0.15) is 31.4 Å². The molecular formula is C20H21Cl2F6N5O5S. The summed E-state index contributed by atoms with van der Waals surface area (Å²) in [6.07, 6.45) is -10.3. The van der Waals surface area contributed by atoms with Crippen molar-refractivity contribution in [2.45, 2.75) is 62.8 Å². The molecule has 0 radical (unpaired) electrons. The van der Waals surface area contributed by atoms with E-state index in [1.165, 1.54) is 27.7 Å². The lowest BCUT2D eigenvalue weighted by atomic mass is 10.2. The van der Waals surface area contributed by atoms with E-state index in [1.807, 2.05) is 0 Å². The fourth-order valence-electron chi connectivity index (χ4n) is 3.13. The zero-order valence-electron chi connectivity index (χ0n) is 22.3. The molecule has 2 N–H and O–H groups in total. The number of amidine groups is 1. The second-order valence-electron chi connectivity index (χ2n) is 8.25. The van der Waals surface area contributed by atoms with Crippen LogP contribution in [0.15, 0.2) is 22.2 Å². The van der Waals surface area contributed by atoms with Crippen molar-refractivity contribution in [3.8, 4) is 5.69 Å². The molecule has 1 atom stereocenters. The molecule has 0 saturated carbocycles. The summed E-state index contributed by atoms with van der Waals surface area (Å²) in [5.41, 5.74) is -3.35. The van der Waals surface area contributed by atoms with Crippen LogP contribution in [-0.4, -0.2) is 59.7 Å². The first kappa shape index (κ1) is 28.1. The van der Waals surface area contributed by atoms with Crippen LogP contribution >= 0.6 is 23.2 Å². The molecule has 2 aromatic rings.